The molecule has 0 aliphatic carbocycles. The lowest BCUT2D eigenvalue weighted by Crippen LogP contribution is -2.11. The molecule has 0 N–H and O–H groups in total. The van der Waals surface area contributed by atoms with Gasteiger partial charge in [0.15, 0.2) is 0 Å². The SMILES string of the molecule is Cn1nnc(-c2ccc(C(C)(C)C)cn2)n1. The lowest BCUT2D eigenvalue weighted by molar-refractivity contribution is 0.587. The summed E-state index contributed by atoms with van der Waals surface area (Å²) in [6.45, 7) is 6.47. The number of tetrazole rings is 1. The minimum absolute atomic E-state index is 0.112. The van der Waals surface area contributed by atoms with Crippen molar-refractivity contribution < 1.29 is 0 Å². The van der Waals surface area contributed by atoms with Gasteiger partial charge in [0.05, 0.1) is 7.05 Å². The molecule has 0 fully saturated rings. The minimum Gasteiger partial charge on any atom is -0.252 e. The molecule has 0 aliphatic heterocycles. The molecule has 0 radical (unpaired) electrons. The number of aryl methyl sites for hydroxylation is 1. The highest BCUT2D eigenvalue weighted by atomic mass is 15.6. The van der Waals surface area contributed by atoms with Gasteiger partial charge in [-0.05, 0) is 22.3 Å². The van der Waals surface area contributed by atoms with E-state index in [-0.39, 0.29) is 5.41 Å². The molecule has 0 saturated heterocycles. The Balaban J connectivity index is 2.33. The minimum atomic E-state index is 0.112. The number of hydrogen-bond acceptors (Lipinski definition) is 4. The van der Waals surface area contributed by atoms with Crippen LogP contribution < -0.4 is 0 Å². The summed E-state index contributed by atoms with van der Waals surface area (Å²) in [5.41, 5.74) is 2.06. The molecule has 0 aliphatic rings. The van der Waals surface area contributed by atoms with E-state index >= 15 is 0 Å². The van der Waals surface area contributed by atoms with Crippen LogP contribution in [0.1, 0.15) is 26.3 Å². The Morgan fingerprint density at radius 3 is 2.38 bits per heavy atom. The van der Waals surface area contributed by atoms with E-state index in [1.165, 1.54) is 10.4 Å². The third-order valence-electron chi connectivity index (χ3n) is 2.37. The zero-order chi connectivity index (χ0) is 11.8. The van der Waals surface area contributed by atoms with E-state index in [4.69, 9.17) is 0 Å². The summed E-state index contributed by atoms with van der Waals surface area (Å²) in [6.07, 6.45) is 1.87. The van der Waals surface area contributed by atoms with Crippen LogP contribution in [0, 0.1) is 0 Å². The van der Waals surface area contributed by atoms with Crippen molar-refractivity contribution in [3.8, 4) is 11.5 Å². The molecule has 5 nitrogen and oxygen atoms in total. The number of pyridine rings is 1. The first-order chi connectivity index (χ1) is 7.47. The van der Waals surface area contributed by atoms with Crippen molar-refractivity contribution in [1.82, 2.24) is 25.2 Å². The van der Waals surface area contributed by atoms with Gasteiger partial charge in [-0.25, -0.2) is 0 Å². The van der Waals surface area contributed by atoms with Crippen LogP contribution >= 0.6 is 0 Å². The van der Waals surface area contributed by atoms with Crippen LogP contribution in [0.25, 0.3) is 11.5 Å². The van der Waals surface area contributed by atoms with Gasteiger partial charge in [-0.1, -0.05) is 26.8 Å². The van der Waals surface area contributed by atoms with E-state index in [9.17, 15) is 0 Å². The van der Waals surface area contributed by atoms with Crippen LogP contribution in [0.2, 0.25) is 0 Å². The van der Waals surface area contributed by atoms with Crippen molar-refractivity contribution >= 4 is 0 Å². The molecule has 2 aromatic rings. The fourth-order valence-corrected chi connectivity index (χ4v) is 1.36. The molecule has 0 saturated carbocycles. The zero-order valence-electron chi connectivity index (χ0n) is 9.97. The second-order valence-corrected chi connectivity index (χ2v) is 4.78. The van der Waals surface area contributed by atoms with Crippen molar-refractivity contribution in [1.29, 1.82) is 0 Å². The Morgan fingerprint density at radius 1 is 1.19 bits per heavy atom. The predicted octanol–water partition coefficient (Wildman–Crippen LogP) is 1.57. The van der Waals surface area contributed by atoms with Gasteiger partial charge in [-0.15, -0.1) is 10.2 Å². The van der Waals surface area contributed by atoms with E-state index in [0.29, 0.717) is 5.82 Å². The van der Waals surface area contributed by atoms with Crippen LogP contribution in [0.15, 0.2) is 18.3 Å². The summed E-state index contributed by atoms with van der Waals surface area (Å²) in [4.78, 5) is 5.78. The molecule has 2 rings (SSSR count). The van der Waals surface area contributed by atoms with Crippen LogP contribution in [-0.2, 0) is 12.5 Å². The molecule has 0 bridgehead atoms. The molecular weight excluding hydrogens is 202 g/mol. The highest BCUT2D eigenvalue weighted by molar-refractivity contribution is 5.47. The molecule has 0 spiro atoms. The summed E-state index contributed by atoms with van der Waals surface area (Å²) in [5.74, 6) is 0.558. The molecule has 84 valence electrons. The lowest BCUT2D eigenvalue weighted by atomic mass is 9.88. The van der Waals surface area contributed by atoms with Gasteiger partial charge < -0.3 is 0 Å². The molecule has 5 heteroatoms. The number of nitrogens with zero attached hydrogens (tertiary/aromatic N) is 5. The summed E-state index contributed by atoms with van der Waals surface area (Å²) in [7, 11) is 1.74. The standard InChI is InChI=1S/C11H15N5/c1-11(2,3)8-5-6-9(12-7-8)10-13-15-16(4)14-10/h5-7H,1-4H3. The molecule has 0 unspecified atom stereocenters. The normalized spacial score (nSPS) is 11.8. The van der Waals surface area contributed by atoms with E-state index in [0.717, 1.165) is 5.69 Å². The van der Waals surface area contributed by atoms with Gasteiger partial charge in [-0.3, -0.25) is 4.98 Å². The summed E-state index contributed by atoms with van der Waals surface area (Å²) in [5, 5.41) is 11.8. The fourth-order valence-electron chi connectivity index (χ4n) is 1.36. The van der Waals surface area contributed by atoms with Crippen molar-refractivity contribution in [2.24, 2.45) is 7.05 Å². The molecule has 0 amide bonds. The number of rotatable bonds is 1. The quantitative estimate of drug-likeness (QED) is 0.727. The molecule has 2 heterocycles. The van der Waals surface area contributed by atoms with Gasteiger partial charge >= 0.3 is 0 Å². The summed E-state index contributed by atoms with van der Waals surface area (Å²) < 4.78 is 0. The second-order valence-electron chi connectivity index (χ2n) is 4.78. The maximum atomic E-state index is 4.35. The Hall–Kier alpha value is -1.78. The first kappa shape index (κ1) is 10.7. The van der Waals surface area contributed by atoms with Crippen LogP contribution in [-0.4, -0.2) is 25.2 Å². The topological polar surface area (TPSA) is 56.5 Å². The molecule has 0 atom stereocenters. The Labute approximate surface area is 94.5 Å². The Kier molecular flexibility index (Phi) is 2.46. The van der Waals surface area contributed by atoms with E-state index in [2.05, 4.69) is 47.2 Å². The maximum Gasteiger partial charge on any atom is 0.223 e. The van der Waals surface area contributed by atoms with Gasteiger partial charge in [0.2, 0.25) is 5.82 Å². The third kappa shape index (κ3) is 2.08. The largest absolute Gasteiger partial charge is 0.252 e. The van der Waals surface area contributed by atoms with Gasteiger partial charge in [0.1, 0.15) is 5.69 Å². The average Bonchev–Trinajstić information content (AvgIpc) is 2.64. The zero-order valence-corrected chi connectivity index (χ0v) is 9.97. The number of hydrogen-bond donors (Lipinski definition) is 0. The smallest absolute Gasteiger partial charge is 0.223 e. The molecular formula is C11H15N5. The van der Waals surface area contributed by atoms with Gasteiger partial charge in [0.25, 0.3) is 0 Å². The van der Waals surface area contributed by atoms with Crippen molar-refractivity contribution in [2.75, 3.05) is 0 Å². The van der Waals surface area contributed by atoms with Gasteiger partial charge in [0, 0.05) is 6.20 Å². The van der Waals surface area contributed by atoms with E-state index < -0.39 is 0 Å². The fraction of sp³-hybridized carbons (Fsp3) is 0.455. The van der Waals surface area contributed by atoms with E-state index in [1.54, 1.807) is 7.05 Å². The molecule has 0 aromatic carbocycles. The highest BCUT2D eigenvalue weighted by Gasteiger charge is 2.14. The van der Waals surface area contributed by atoms with Crippen LogP contribution in [0.4, 0.5) is 0 Å². The maximum absolute atomic E-state index is 4.35. The lowest BCUT2D eigenvalue weighted by Gasteiger charge is -2.18. The first-order valence-corrected chi connectivity index (χ1v) is 5.18. The van der Waals surface area contributed by atoms with Crippen molar-refractivity contribution in [3.63, 3.8) is 0 Å². The Morgan fingerprint density at radius 2 is 1.94 bits per heavy atom. The van der Waals surface area contributed by atoms with Crippen LogP contribution in [0.5, 0.6) is 0 Å². The Bertz CT molecular complexity index is 478. The average molecular weight is 217 g/mol. The summed E-state index contributed by atoms with van der Waals surface area (Å²) >= 11 is 0. The second kappa shape index (κ2) is 3.66. The third-order valence-corrected chi connectivity index (χ3v) is 2.37. The van der Waals surface area contributed by atoms with Gasteiger partial charge in [-0.2, -0.15) is 4.80 Å². The van der Waals surface area contributed by atoms with E-state index in [1.807, 2.05) is 12.3 Å². The number of aromatic nitrogens is 5. The highest BCUT2D eigenvalue weighted by Crippen LogP contribution is 2.22. The first-order valence-electron chi connectivity index (χ1n) is 5.18. The molecule has 2 aromatic heterocycles. The predicted molar refractivity (Wildman–Crippen MR) is 60.7 cm³/mol. The van der Waals surface area contributed by atoms with Crippen molar-refractivity contribution in [3.05, 3.63) is 23.9 Å². The van der Waals surface area contributed by atoms with Crippen molar-refractivity contribution in [2.45, 2.75) is 26.2 Å². The molecule has 16 heavy (non-hydrogen) atoms. The monoisotopic (exact) mass is 217 g/mol. The van der Waals surface area contributed by atoms with Crippen LogP contribution in [0.3, 0.4) is 0 Å². The summed E-state index contributed by atoms with van der Waals surface area (Å²) in [6, 6.07) is 3.98.